The van der Waals surface area contributed by atoms with Gasteiger partial charge in [0.2, 0.25) is 0 Å². The van der Waals surface area contributed by atoms with Crippen molar-refractivity contribution >= 4 is 11.7 Å². The molecule has 5 heteroatoms. The fourth-order valence-corrected chi connectivity index (χ4v) is 2.45. The average molecular weight is 281 g/mol. The number of ether oxygens (including phenoxy) is 2. The van der Waals surface area contributed by atoms with E-state index in [1.807, 2.05) is 13.0 Å². The molecule has 1 heterocycles. The van der Waals surface area contributed by atoms with Crippen molar-refractivity contribution in [3.8, 4) is 0 Å². The molecule has 1 aliphatic rings. The second-order valence-corrected chi connectivity index (χ2v) is 5.06. The van der Waals surface area contributed by atoms with E-state index in [1.165, 1.54) is 12.1 Å². The highest BCUT2D eigenvalue weighted by Gasteiger charge is 2.41. The van der Waals surface area contributed by atoms with E-state index in [9.17, 15) is 9.18 Å². The summed E-state index contributed by atoms with van der Waals surface area (Å²) >= 11 is 0. The van der Waals surface area contributed by atoms with Gasteiger partial charge in [0.25, 0.3) is 0 Å². The summed E-state index contributed by atoms with van der Waals surface area (Å²) in [6.07, 6.45) is 1.03. The number of halogens is 1. The first kappa shape index (κ1) is 14.8. The molecule has 1 aliphatic heterocycles. The van der Waals surface area contributed by atoms with Crippen molar-refractivity contribution < 1.29 is 18.7 Å². The highest BCUT2D eigenvalue weighted by Crippen LogP contribution is 2.28. The minimum Gasteiger partial charge on any atom is -0.464 e. The largest absolute Gasteiger partial charge is 0.464 e. The Hall–Kier alpha value is -1.62. The first-order chi connectivity index (χ1) is 9.55. The van der Waals surface area contributed by atoms with Crippen molar-refractivity contribution in [2.45, 2.75) is 32.2 Å². The highest BCUT2D eigenvalue weighted by atomic mass is 19.1. The van der Waals surface area contributed by atoms with Crippen LogP contribution < -0.4 is 5.32 Å². The minimum absolute atomic E-state index is 0.301. The summed E-state index contributed by atoms with van der Waals surface area (Å²) in [6, 6.07) is 4.66. The third-order valence-electron chi connectivity index (χ3n) is 3.44. The molecule has 1 saturated heterocycles. The van der Waals surface area contributed by atoms with Gasteiger partial charge in [0.1, 0.15) is 11.4 Å². The molecule has 20 heavy (non-hydrogen) atoms. The number of aryl methyl sites for hydroxylation is 1. The monoisotopic (exact) mass is 281 g/mol. The molecular formula is C15H20FNO3. The Morgan fingerprint density at radius 1 is 1.40 bits per heavy atom. The van der Waals surface area contributed by atoms with Crippen molar-refractivity contribution in [3.05, 3.63) is 29.6 Å². The van der Waals surface area contributed by atoms with Gasteiger partial charge < -0.3 is 14.8 Å². The molecular weight excluding hydrogens is 261 g/mol. The summed E-state index contributed by atoms with van der Waals surface area (Å²) in [7, 11) is 0. The Morgan fingerprint density at radius 3 is 2.70 bits per heavy atom. The first-order valence-electron chi connectivity index (χ1n) is 6.86. The maximum Gasteiger partial charge on any atom is 0.331 e. The lowest BCUT2D eigenvalue weighted by atomic mass is 9.89. The molecule has 1 aromatic carbocycles. The van der Waals surface area contributed by atoms with Crippen LogP contribution in [0.1, 0.15) is 25.3 Å². The third-order valence-corrected chi connectivity index (χ3v) is 3.44. The Labute approximate surface area is 118 Å². The molecule has 0 atom stereocenters. The molecule has 4 nitrogen and oxygen atoms in total. The quantitative estimate of drug-likeness (QED) is 0.862. The Kier molecular flexibility index (Phi) is 4.60. The fourth-order valence-electron chi connectivity index (χ4n) is 2.45. The van der Waals surface area contributed by atoms with Gasteiger partial charge in [0, 0.05) is 31.7 Å². The molecule has 0 aliphatic carbocycles. The van der Waals surface area contributed by atoms with Gasteiger partial charge in [0.15, 0.2) is 0 Å². The van der Waals surface area contributed by atoms with Crippen molar-refractivity contribution in [1.29, 1.82) is 0 Å². The predicted molar refractivity (Wildman–Crippen MR) is 74.2 cm³/mol. The summed E-state index contributed by atoms with van der Waals surface area (Å²) in [5, 5.41) is 3.17. The molecule has 1 aromatic rings. The number of nitrogens with one attached hydrogen (secondary N) is 1. The molecule has 0 saturated carbocycles. The van der Waals surface area contributed by atoms with Crippen LogP contribution in [0.25, 0.3) is 0 Å². The number of esters is 1. The van der Waals surface area contributed by atoms with Crippen LogP contribution in [0, 0.1) is 12.7 Å². The molecule has 110 valence electrons. The van der Waals surface area contributed by atoms with Crippen molar-refractivity contribution in [3.63, 3.8) is 0 Å². The van der Waals surface area contributed by atoms with Crippen LogP contribution in [0.5, 0.6) is 0 Å². The number of hydrogen-bond acceptors (Lipinski definition) is 4. The zero-order valence-corrected chi connectivity index (χ0v) is 11.9. The van der Waals surface area contributed by atoms with E-state index in [2.05, 4.69) is 5.32 Å². The number of hydrogen-bond donors (Lipinski definition) is 1. The van der Waals surface area contributed by atoms with Crippen molar-refractivity contribution in [2.75, 3.05) is 25.1 Å². The van der Waals surface area contributed by atoms with Gasteiger partial charge in [-0.2, -0.15) is 0 Å². The van der Waals surface area contributed by atoms with Crippen LogP contribution in [0.3, 0.4) is 0 Å². The molecule has 1 N–H and O–H groups in total. The second kappa shape index (κ2) is 6.22. The van der Waals surface area contributed by atoms with Crippen LogP contribution in [-0.2, 0) is 14.3 Å². The molecule has 0 bridgehead atoms. The van der Waals surface area contributed by atoms with Gasteiger partial charge in [0.05, 0.1) is 6.61 Å². The lowest BCUT2D eigenvalue weighted by molar-refractivity contribution is -0.152. The van der Waals surface area contributed by atoms with Crippen LogP contribution >= 0.6 is 0 Å². The van der Waals surface area contributed by atoms with E-state index in [4.69, 9.17) is 9.47 Å². The van der Waals surface area contributed by atoms with Crippen LogP contribution in [-0.4, -0.2) is 31.3 Å². The van der Waals surface area contributed by atoms with Gasteiger partial charge in [-0.1, -0.05) is 0 Å². The second-order valence-electron chi connectivity index (χ2n) is 5.06. The van der Waals surface area contributed by atoms with Gasteiger partial charge >= 0.3 is 5.97 Å². The maximum absolute atomic E-state index is 13.5. The summed E-state index contributed by atoms with van der Waals surface area (Å²) in [4.78, 5) is 12.3. The predicted octanol–water partition coefficient (Wildman–Crippen LogP) is 2.66. The fraction of sp³-hybridized carbons (Fsp3) is 0.533. The number of anilines is 1. The third kappa shape index (κ3) is 3.28. The molecule has 0 aromatic heterocycles. The molecule has 2 rings (SSSR count). The number of carbonyl (C=O) groups is 1. The van der Waals surface area contributed by atoms with Gasteiger partial charge in [-0.05, 0) is 37.6 Å². The lowest BCUT2D eigenvalue weighted by Crippen LogP contribution is -2.51. The lowest BCUT2D eigenvalue weighted by Gasteiger charge is -2.36. The highest BCUT2D eigenvalue weighted by molar-refractivity contribution is 5.84. The van der Waals surface area contributed by atoms with E-state index < -0.39 is 5.54 Å². The molecule has 0 unspecified atom stereocenters. The van der Waals surface area contributed by atoms with Crippen molar-refractivity contribution in [1.82, 2.24) is 0 Å². The Balaban J connectivity index is 2.25. The normalized spacial score (nSPS) is 17.6. The summed E-state index contributed by atoms with van der Waals surface area (Å²) < 4.78 is 24.0. The molecule has 1 fully saturated rings. The summed E-state index contributed by atoms with van der Waals surface area (Å²) in [5.41, 5.74) is 0.574. The molecule has 0 spiro atoms. The van der Waals surface area contributed by atoms with Crippen molar-refractivity contribution in [2.24, 2.45) is 0 Å². The Morgan fingerprint density at radius 2 is 2.10 bits per heavy atom. The SMILES string of the molecule is CCOC(=O)C1(Nc2cc(C)cc(F)c2)CCOCC1. The zero-order chi connectivity index (χ0) is 14.6. The van der Waals surface area contributed by atoms with Crippen LogP contribution in [0.4, 0.5) is 10.1 Å². The van der Waals surface area contributed by atoms with E-state index in [0.29, 0.717) is 38.3 Å². The standard InChI is InChI=1S/C15H20FNO3/c1-3-20-14(18)15(4-6-19-7-5-15)17-13-9-11(2)8-12(16)10-13/h8-10,17H,3-7H2,1-2H3. The van der Waals surface area contributed by atoms with E-state index in [-0.39, 0.29) is 11.8 Å². The van der Waals surface area contributed by atoms with E-state index in [1.54, 1.807) is 6.92 Å². The molecule has 0 radical (unpaired) electrons. The number of benzene rings is 1. The van der Waals surface area contributed by atoms with E-state index >= 15 is 0 Å². The number of carbonyl (C=O) groups excluding carboxylic acids is 1. The molecule has 0 amide bonds. The van der Waals surface area contributed by atoms with E-state index in [0.717, 1.165) is 5.56 Å². The van der Waals surface area contributed by atoms with Gasteiger partial charge in [-0.25, -0.2) is 9.18 Å². The average Bonchev–Trinajstić information content (AvgIpc) is 2.38. The summed E-state index contributed by atoms with van der Waals surface area (Å²) in [5.74, 6) is -0.621. The number of rotatable bonds is 4. The summed E-state index contributed by atoms with van der Waals surface area (Å²) in [6.45, 7) is 4.89. The van der Waals surface area contributed by atoms with Gasteiger partial charge in [-0.3, -0.25) is 0 Å². The smallest absolute Gasteiger partial charge is 0.331 e. The Bertz CT molecular complexity index is 464. The first-order valence-corrected chi connectivity index (χ1v) is 6.86. The van der Waals surface area contributed by atoms with Gasteiger partial charge in [-0.15, -0.1) is 0 Å². The van der Waals surface area contributed by atoms with Crippen LogP contribution in [0.15, 0.2) is 18.2 Å². The maximum atomic E-state index is 13.5. The zero-order valence-electron chi connectivity index (χ0n) is 11.9. The minimum atomic E-state index is -0.825. The topological polar surface area (TPSA) is 47.6 Å². The van der Waals surface area contributed by atoms with Crippen LogP contribution in [0.2, 0.25) is 0 Å².